The van der Waals surface area contributed by atoms with E-state index in [2.05, 4.69) is 25.0 Å². The van der Waals surface area contributed by atoms with Gasteiger partial charge in [0, 0.05) is 39.3 Å². The van der Waals surface area contributed by atoms with E-state index >= 15 is 0 Å². The summed E-state index contributed by atoms with van der Waals surface area (Å²) in [5.74, 6) is 1.36. The lowest BCUT2D eigenvalue weighted by atomic mass is 10.2. The van der Waals surface area contributed by atoms with Gasteiger partial charge in [-0.1, -0.05) is 11.2 Å². The number of thiophene rings is 1. The Labute approximate surface area is 158 Å². The van der Waals surface area contributed by atoms with Gasteiger partial charge in [-0.2, -0.15) is 4.98 Å². The molecule has 140 valence electrons. The van der Waals surface area contributed by atoms with Crippen LogP contribution >= 0.6 is 11.3 Å². The second-order valence-electron chi connectivity index (χ2n) is 6.25. The van der Waals surface area contributed by atoms with E-state index in [9.17, 15) is 9.59 Å². The smallest absolute Gasteiger partial charge is 0.264 e. The molecule has 0 spiro atoms. The van der Waals surface area contributed by atoms with E-state index in [4.69, 9.17) is 4.52 Å². The molecule has 27 heavy (non-hydrogen) atoms. The second kappa shape index (κ2) is 7.41. The minimum Gasteiger partial charge on any atom is -0.340 e. The molecule has 3 aromatic heterocycles. The van der Waals surface area contributed by atoms with Crippen LogP contribution in [0.15, 0.2) is 33.0 Å². The molecular formula is C17H18N6O3S. The molecule has 1 saturated heterocycles. The molecule has 0 saturated carbocycles. The standard InChI is InChI=1S/C17H18N6O3S/c1-11-19-14(21-26-11)10-22-4-6-23(7-5-22)17(25)12-9-18-15(20-16(12)24)13-3-2-8-27-13/h2-3,8-9H,4-7,10H2,1H3,(H,18,20,24). The molecule has 0 aliphatic carbocycles. The highest BCUT2D eigenvalue weighted by molar-refractivity contribution is 7.13. The molecule has 0 unspecified atom stereocenters. The Kier molecular flexibility index (Phi) is 4.82. The summed E-state index contributed by atoms with van der Waals surface area (Å²) < 4.78 is 4.98. The van der Waals surface area contributed by atoms with Crippen LogP contribution in [0.25, 0.3) is 10.7 Å². The Balaban J connectivity index is 1.40. The first-order valence-electron chi connectivity index (χ1n) is 8.54. The topological polar surface area (TPSA) is 108 Å². The lowest BCUT2D eigenvalue weighted by Gasteiger charge is -2.33. The summed E-state index contributed by atoms with van der Waals surface area (Å²) >= 11 is 1.48. The Hall–Kier alpha value is -2.85. The second-order valence-corrected chi connectivity index (χ2v) is 7.20. The zero-order chi connectivity index (χ0) is 18.8. The van der Waals surface area contributed by atoms with Gasteiger partial charge in [0.25, 0.3) is 11.5 Å². The highest BCUT2D eigenvalue weighted by Gasteiger charge is 2.25. The van der Waals surface area contributed by atoms with Crippen LogP contribution in [0.5, 0.6) is 0 Å². The first-order chi connectivity index (χ1) is 13.1. The van der Waals surface area contributed by atoms with Gasteiger partial charge in [-0.3, -0.25) is 14.5 Å². The number of amides is 1. The molecule has 3 aromatic rings. The van der Waals surface area contributed by atoms with Gasteiger partial charge in [-0.15, -0.1) is 11.3 Å². The number of hydrogen-bond acceptors (Lipinski definition) is 8. The van der Waals surface area contributed by atoms with E-state index in [1.165, 1.54) is 17.5 Å². The molecule has 4 heterocycles. The molecule has 9 nitrogen and oxygen atoms in total. The molecule has 4 rings (SSSR count). The van der Waals surface area contributed by atoms with Crippen molar-refractivity contribution in [1.29, 1.82) is 0 Å². The molecule has 1 N–H and O–H groups in total. The molecule has 1 aliphatic rings. The summed E-state index contributed by atoms with van der Waals surface area (Å²) in [4.78, 5) is 40.9. The van der Waals surface area contributed by atoms with Crippen molar-refractivity contribution in [3.05, 3.63) is 51.3 Å². The third kappa shape index (κ3) is 3.81. The van der Waals surface area contributed by atoms with Gasteiger partial charge in [0.15, 0.2) is 5.82 Å². The van der Waals surface area contributed by atoms with Crippen LogP contribution in [-0.2, 0) is 6.54 Å². The molecule has 0 atom stereocenters. The summed E-state index contributed by atoms with van der Waals surface area (Å²) in [6.45, 7) is 4.75. The average molecular weight is 386 g/mol. The minimum atomic E-state index is -0.414. The molecule has 10 heteroatoms. The van der Waals surface area contributed by atoms with Crippen molar-refractivity contribution in [2.75, 3.05) is 26.2 Å². The monoisotopic (exact) mass is 386 g/mol. The van der Waals surface area contributed by atoms with Crippen LogP contribution in [-0.4, -0.2) is 62.0 Å². The van der Waals surface area contributed by atoms with Crippen LogP contribution < -0.4 is 5.56 Å². The number of nitrogens with zero attached hydrogens (tertiary/aromatic N) is 5. The molecule has 1 aliphatic heterocycles. The number of rotatable bonds is 4. The lowest BCUT2D eigenvalue weighted by molar-refractivity contribution is 0.0622. The number of carbonyl (C=O) groups excluding carboxylic acids is 1. The predicted octanol–water partition coefficient (Wildman–Crippen LogP) is 1.15. The predicted molar refractivity (Wildman–Crippen MR) is 98.4 cm³/mol. The van der Waals surface area contributed by atoms with E-state index in [1.807, 2.05) is 17.5 Å². The van der Waals surface area contributed by atoms with Crippen molar-refractivity contribution in [1.82, 2.24) is 29.9 Å². The number of carbonyl (C=O) groups is 1. The fourth-order valence-electron chi connectivity index (χ4n) is 2.97. The normalized spacial score (nSPS) is 15.2. The Morgan fingerprint density at radius 3 is 2.78 bits per heavy atom. The van der Waals surface area contributed by atoms with Crippen LogP contribution in [0.2, 0.25) is 0 Å². The Bertz CT molecular complexity index is 988. The Morgan fingerprint density at radius 1 is 1.33 bits per heavy atom. The highest BCUT2D eigenvalue weighted by atomic mass is 32.1. The molecular weight excluding hydrogens is 368 g/mol. The highest BCUT2D eigenvalue weighted by Crippen LogP contribution is 2.19. The van der Waals surface area contributed by atoms with Gasteiger partial charge in [0.1, 0.15) is 11.4 Å². The zero-order valence-electron chi connectivity index (χ0n) is 14.7. The van der Waals surface area contributed by atoms with Crippen molar-refractivity contribution in [2.45, 2.75) is 13.5 Å². The fourth-order valence-corrected chi connectivity index (χ4v) is 3.65. The summed E-state index contributed by atoms with van der Waals surface area (Å²) in [5.41, 5.74) is -0.347. The summed E-state index contributed by atoms with van der Waals surface area (Å²) in [7, 11) is 0. The van der Waals surface area contributed by atoms with E-state index in [-0.39, 0.29) is 11.5 Å². The van der Waals surface area contributed by atoms with E-state index in [0.717, 1.165) is 4.88 Å². The molecule has 1 fully saturated rings. The molecule has 0 radical (unpaired) electrons. The van der Waals surface area contributed by atoms with E-state index < -0.39 is 5.56 Å². The van der Waals surface area contributed by atoms with Crippen molar-refractivity contribution in [2.24, 2.45) is 0 Å². The maximum atomic E-state index is 12.7. The van der Waals surface area contributed by atoms with Crippen LogP contribution in [0.4, 0.5) is 0 Å². The van der Waals surface area contributed by atoms with Crippen molar-refractivity contribution < 1.29 is 9.32 Å². The number of aromatic amines is 1. The largest absolute Gasteiger partial charge is 0.340 e. The number of piperazine rings is 1. The first-order valence-corrected chi connectivity index (χ1v) is 9.42. The quantitative estimate of drug-likeness (QED) is 0.716. The number of H-pyrrole nitrogens is 1. The summed E-state index contributed by atoms with van der Waals surface area (Å²) in [6, 6.07) is 3.75. The van der Waals surface area contributed by atoms with Gasteiger partial charge in [0.2, 0.25) is 5.89 Å². The average Bonchev–Trinajstić information content (AvgIpc) is 3.34. The van der Waals surface area contributed by atoms with Gasteiger partial charge >= 0.3 is 0 Å². The van der Waals surface area contributed by atoms with Gasteiger partial charge in [-0.25, -0.2) is 4.98 Å². The minimum absolute atomic E-state index is 0.0672. The first kappa shape index (κ1) is 17.6. The van der Waals surface area contributed by atoms with Crippen LogP contribution in [0.3, 0.4) is 0 Å². The molecule has 0 bridgehead atoms. The third-order valence-corrected chi connectivity index (χ3v) is 5.26. The lowest BCUT2D eigenvalue weighted by Crippen LogP contribution is -2.49. The number of nitrogens with one attached hydrogen (secondary N) is 1. The maximum absolute atomic E-state index is 12.7. The summed E-state index contributed by atoms with van der Waals surface area (Å²) in [5, 5.41) is 5.80. The summed E-state index contributed by atoms with van der Waals surface area (Å²) in [6.07, 6.45) is 1.37. The van der Waals surface area contributed by atoms with Gasteiger partial charge in [0.05, 0.1) is 11.4 Å². The van der Waals surface area contributed by atoms with Crippen molar-refractivity contribution in [3.63, 3.8) is 0 Å². The number of aromatic nitrogens is 4. The third-order valence-electron chi connectivity index (χ3n) is 4.38. The Morgan fingerprint density at radius 2 is 2.15 bits per heavy atom. The van der Waals surface area contributed by atoms with Crippen molar-refractivity contribution in [3.8, 4) is 10.7 Å². The SMILES string of the molecule is Cc1nc(CN2CCN(C(=O)c3cnc(-c4cccs4)[nH]c3=O)CC2)no1. The van der Waals surface area contributed by atoms with Gasteiger partial charge in [-0.05, 0) is 11.4 Å². The van der Waals surface area contributed by atoms with E-state index in [0.29, 0.717) is 50.3 Å². The van der Waals surface area contributed by atoms with E-state index in [1.54, 1.807) is 11.8 Å². The maximum Gasteiger partial charge on any atom is 0.264 e. The van der Waals surface area contributed by atoms with Crippen molar-refractivity contribution >= 4 is 17.2 Å². The number of aryl methyl sites for hydroxylation is 1. The zero-order valence-corrected chi connectivity index (χ0v) is 15.5. The van der Waals surface area contributed by atoms with Crippen LogP contribution in [0.1, 0.15) is 22.1 Å². The van der Waals surface area contributed by atoms with Gasteiger partial charge < -0.3 is 14.4 Å². The molecule has 0 aromatic carbocycles. The number of hydrogen-bond donors (Lipinski definition) is 1. The molecule has 1 amide bonds. The fraction of sp³-hybridized carbons (Fsp3) is 0.353. The van der Waals surface area contributed by atoms with Crippen LogP contribution in [0, 0.1) is 6.92 Å².